The van der Waals surface area contributed by atoms with Crippen LogP contribution in [-0.4, -0.2) is 5.11 Å². The van der Waals surface area contributed by atoms with Crippen LogP contribution >= 0.6 is 0 Å². The van der Waals surface area contributed by atoms with E-state index in [0.29, 0.717) is 11.7 Å². The summed E-state index contributed by atoms with van der Waals surface area (Å²) in [5.41, 5.74) is 4.55. The lowest BCUT2D eigenvalue weighted by atomic mass is 9.73. The highest BCUT2D eigenvalue weighted by Gasteiger charge is 2.30. The Morgan fingerprint density at radius 3 is 2.62 bits per heavy atom. The number of benzene rings is 2. The molecule has 2 nitrogen and oxygen atoms in total. The molecule has 2 unspecified atom stereocenters. The largest absolute Gasteiger partial charge is 0.507 e. The molecule has 2 aromatic carbocycles. The molecule has 0 aromatic heterocycles. The van der Waals surface area contributed by atoms with Gasteiger partial charge in [0.25, 0.3) is 0 Å². The molecule has 0 saturated carbocycles. The number of para-hydroxylation sites is 1. The first kappa shape index (κ1) is 21.2. The molecule has 1 aliphatic carbocycles. The number of phenolic OH excluding ortho intramolecular Hbond substituents is 1. The van der Waals surface area contributed by atoms with E-state index in [9.17, 15) is 5.11 Å². The maximum absolute atomic E-state index is 11.1. The van der Waals surface area contributed by atoms with Crippen LogP contribution in [0.15, 0.2) is 66.3 Å². The van der Waals surface area contributed by atoms with Gasteiger partial charge in [-0.3, -0.25) is 0 Å². The van der Waals surface area contributed by atoms with E-state index < -0.39 is 0 Å². The highest BCUT2D eigenvalue weighted by atomic mass is 16.5. The molecule has 29 heavy (non-hydrogen) atoms. The van der Waals surface area contributed by atoms with E-state index >= 15 is 0 Å². The lowest BCUT2D eigenvalue weighted by molar-refractivity contribution is 0.410. The summed E-state index contributed by atoms with van der Waals surface area (Å²) < 4.78 is 6.33. The molecule has 2 atom stereocenters. The fourth-order valence-electron chi connectivity index (χ4n) is 4.33. The second kappa shape index (κ2) is 9.82. The third-order valence-electron chi connectivity index (χ3n) is 5.93. The van der Waals surface area contributed by atoms with E-state index in [1.165, 1.54) is 18.4 Å². The Kier molecular flexibility index (Phi) is 7.19. The van der Waals surface area contributed by atoms with Gasteiger partial charge in [0.2, 0.25) is 0 Å². The quantitative estimate of drug-likeness (QED) is 0.366. The van der Waals surface area contributed by atoms with Gasteiger partial charge in [-0.25, -0.2) is 0 Å². The van der Waals surface area contributed by atoms with Crippen molar-refractivity contribution in [3.8, 4) is 17.2 Å². The third kappa shape index (κ3) is 5.32. The van der Waals surface area contributed by atoms with Gasteiger partial charge in [0.1, 0.15) is 17.2 Å². The van der Waals surface area contributed by atoms with Crippen molar-refractivity contribution < 1.29 is 9.84 Å². The summed E-state index contributed by atoms with van der Waals surface area (Å²) in [6.45, 7) is 10.7. The van der Waals surface area contributed by atoms with Gasteiger partial charge >= 0.3 is 0 Å². The van der Waals surface area contributed by atoms with Crippen LogP contribution < -0.4 is 4.74 Å². The SMILES string of the molecule is C=C(C)C1CCC(C)=CC1c1c(O)cc(CCCCC)cc1Oc1ccccc1. The van der Waals surface area contributed by atoms with Gasteiger partial charge in [-0.05, 0) is 75.3 Å². The summed E-state index contributed by atoms with van der Waals surface area (Å²) in [5.74, 6) is 2.30. The molecule has 0 radical (unpaired) electrons. The zero-order chi connectivity index (χ0) is 20.8. The normalized spacial score (nSPS) is 18.9. The molecule has 1 N–H and O–H groups in total. The number of hydrogen-bond donors (Lipinski definition) is 1. The molecule has 0 fully saturated rings. The van der Waals surface area contributed by atoms with Crippen LogP contribution in [-0.2, 0) is 6.42 Å². The van der Waals surface area contributed by atoms with Crippen LogP contribution in [0.2, 0.25) is 0 Å². The number of phenols is 1. The molecule has 0 bridgehead atoms. The fourth-order valence-corrected chi connectivity index (χ4v) is 4.33. The number of allylic oxidation sites excluding steroid dienone is 3. The van der Waals surface area contributed by atoms with Crippen molar-refractivity contribution in [3.05, 3.63) is 77.4 Å². The molecular formula is C27H34O2. The highest BCUT2D eigenvalue weighted by Crippen LogP contribution is 2.47. The van der Waals surface area contributed by atoms with Gasteiger partial charge in [-0.15, -0.1) is 0 Å². The summed E-state index contributed by atoms with van der Waals surface area (Å²) >= 11 is 0. The second-order valence-corrected chi connectivity index (χ2v) is 8.43. The Morgan fingerprint density at radius 2 is 1.93 bits per heavy atom. The van der Waals surface area contributed by atoms with E-state index in [2.05, 4.69) is 39.5 Å². The molecule has 0 spiro atoms. The van der Waals surface area contributed by atoms with Gasteiger partial charge in [0.05, 0.1) is 0 Å². The predicted molar refractivity (Wildman–Crippen MR) is 122 cm³/mol. The smallest absolute Gasteiger partial charge is 0.135 e. The van der Waals surface area contributed by atoms with E-state index in [1.54, 1.807) is 0 Å². The first-order valence-electron chi connectivity index (χ1n) is 10.9. The Labute approximate surface area is 175 Å². The van der Waals surface area contributed by atoms with Crippen molar-refractivity contribution in [2.45, 2.75) is 65.2 Å². The lowest BCUT2D eigenvalue weighted by Gasteiger charge is -2.32. The van der Waals surface area contributed by atoms with Crippen molar-refractivity contribution in [2.24, 2.45) is 5.92 Å². The van der Waals surface area contributed by atoms with Crippen LogP contribution in [0.25, 0.3) is 0 Å². The summed E-state index contributed by atoms with van der Waals surface area (Å²) in [7, 11) is 0. The van der Waals surface area contributed by atoms with Gasteiger partial charge in [-0.1, -0.05) is 61.8 Å². The number of aromatic hydroxyl groups is 1. The summed E-state index contributed by atoms with van der Waals surface area (Å²) in [6.07, 6.45) is 8.90. The van der Waals surface area contributed by atoms with Crippen LogP contribution in [0.3, 0.4) is 0 Å². The maximum Gasteiger partial charge on any atom is 0.135 e. The van der Waals surface area contributed by atoms with Crippen molar-refractivity contribution in [3.63, 3.8) is 0 Å². The third-order valence-corrected chi connectivity index (χ3v) is 5.93. The monoisotopic (exact) mass is 390 g/mol. The van der Waals surface area contributed by atoms with Gasteiger partial charge < -0.3 is 9.84 Å². The van der Waals surface area contributed by atoms with Crippen LogP contribution in [0.5, 0.6) is 17.2 Å². The van der Waals surface area contributed by atoms with Gasteiger partial charge in [0, 0.05) is 11.5 Å². The van der Waals surface area contributed by atoms with E-state index in [4.69, 9.17) is 4.74 Å². The molecule has 3 rings (SSSR count). The summed E-state index contributed by atoms with van der Waals surface area (Å²) in [6, 6.07) is 13.9. The van der Waals surface area contributed by atoms with Crippen molar-refractivity contribution in [1.29, 1.82) is 0 Å². The summed E-state index contributed by atoms with van der Waals surface area (Å²) in [4.78, 5) is 0. The molecule has 0 heterocycles. The molecule has 1 aliphatic rings. The minimum absolute atomic E-state index is 0.0876. The van der Waals surface area contributed by atoms with Crippen LogP contribution in [0.1, 0.15) is 69.9 Å². The minimum Gasteiger partial charge on any atom is -0.507 e. The number of aryl methyl sites for hydroxylation is 1. The van der Waals surface area contributed by atoms with E-state index in [1.807, 2.05) is 36.4 Å². The molecule has 2 aromatic rings. The summed E-state index contributed by atoms with van der Waals surface area (Å²) in [5, 5.41) is 11.1. The van der Waals surface area contributed by atoms with E-state index in [0.717, 1.165) is 53.9 Å². The zero-order valence-corrected chi connectivity index (χ0v) is 18.1. The number of hydrogen-bond acceptors (Lipinski definition) is 2. The lowest BCUT2D eigenvalue weighted by Crippen LogP contribution is -2.17. The first-order chi connectivity index (χ1) is 14.0. The van der Waals surface area contributed by atoms with Gasteiger partial charge in [-0.2, -0.15) is 0 Å². The number of rotatable bonds is 8. The molecule has 0 aliphatic heterocycles. The average molecular weight is 391 g/mol. The second-order valence-electron chi connectivity index (χ2n) is 8.43. The maximum atomic E-state index is 11.1. The van der Waals surface area contributed by atoms with Crippen molar-refractivity contribution >= 4 is 0 Å². The molecule has 154 valence electrons. The Bertz CT molecular complexity index is 864. The van der Waals surface area contributed by atoms with Crippen LogP contribution in [0, 0.1) is 5.92 Å². The molecule has 0 amide bonds. The fraction of sp³-hybridized carbons (Fsp3) is 0.407. The molecule has 0 saturated heterocycles. The van der Waals surface area contributed by atoms with Crippen molar-refractivity contribution in [1.82, 2.24) is 0 Å². The topological polar surface area (TPSA) is 29.5 Å². The molecular weight excluding hydrogens is 356 g/mol. The zero-order valence-electron chi connectivity index (χ0n) is 18.1. The highest BCUT2D eigenvalue weighted by molar-refractivity contribution is 5.53. The van der Waals surface area contributed by atoms with E-state index in [-0.39, 0.29) is 5.92 Å². The standard InChI is InChI=1S/C27H34O2/c1-5-6-8-11-21-17-25(28)27(24-16-20(4)14-15-23(24)19(2)3)26(18-21)29-22-12-9-7-10-13-22/h7,9-10,12-13,16-18,23-24,28H,2,5-6,8,11,14-15H2,1,3-4H3. The average Bonchev–Trinajstić information content (AvgIpc) is 2.68. The Morgan fingerprint density at radius 1 is 1.17 bits per heavy atom. The first-order valence-corrected chi connectivity index (χ1v) is 10.9. The Balaban J connectivity index is 2.05. The number of ether oxygens (including phenoxy) is 1. The minimum atomic E-state index is 0.0876. The predicted octanol–water partition coefficient (Wildman–Crippen LogP) is 7.93. The molecule has 2 heteroatoms. The Hall–Kier alpha value is -2.48. The van der Waals surface area contributed by atoms with Crippen LogP contribution in [0.4, 0.5) is 0 Å². The van der Waals surface area contributed by atoms with Gasteiger partial charge in [0.15, 0.2) is 0 Å². The number of unbranched alkanes of at least 4 members (excludes halogenated alkanes) is 2. The van der Waals surface area contributed by atoms with Crippen molar-refractivity contribution in [2.75, 3.05) is 0 Å².